The van der Waals surface area contributed by atoms with Gasteiger partial charge in [0.2, 0.25) is 0 Å². The van der Waals surface area contributed by atoms with Gasteiger partial charge in [0.05, 0.1) is 18.1 Å². The van der Waals surface area contributed by atoms with Gasteiger partial charge in [0.25, 0.3) is 15.7 Å². The predicted octanol–water partition coefficient (Wildman–Crippen LogP) is 3.01. The van der Waals surface area contributed by atoms with Crippen LogP contribution in [0.1, 0.15) is 0 Å². The van der Waals surface area contributed by atoms with Gasteiger partial charge < -0.3 is 9.47 Å². The highest BCUT2D eigenvalue weighted by Crippen LogP contribution is 2.30. The molecule has 0 saturated heterocycles. The zero-order valence-corrected chi connectivity index (χ0v) is 13.5. The molecule has 0 heterocycles. The van der Waals surface area contributed by atoms with Gasteiger partial charge in [0.1, 0.15) is 11.5 Å². The topological polar surface area (TPSA) is 108 Å². The fourth-order valence-electron chi connectivity index (χ4n) is 1.91. The van der Waals surface area contributed by atoms with Crippen molar-refractivity contribution in [1.29, 1.82) is 0 Å². The van der Waals surface area contributed by atoms with Crippen LogP contribution in [0.5, 0.6) is 11.5 Å². The zero-order chi connectivity index (χ0) is 18.6. The van der Waals surface area contributed by atoms with Crippen molar-refractivity contribution in [1.82, 2.24) is 0 Å². The minimum Gasteiger partial charge on any atom is -0.497 e. The number of nitrogens with zero attached hydrogens (tertiary/aromatic N) is 1. The van der Waals surface area contributed by atoms with Crippen LogP contribution >= 0.6 is 0 Å². The van der Waals surface area contributed by atoms with Crippen LogP contribution in [0.3, 0.4) is 0 Å². The average Bonchev–Trinajstić information content (AvgIpc) is 2.55. The minimum atomic E-state index is -4.29. The lowest BCUT2D eigenvalue weighted by molar-refractivity contribution is -0.387. The molecule has 0 radical (unpaired) electrons. The van der Waals surface area contributed by atoms with E-state index in [1.807, 2.05) is 0 Å². The highest BCUT2D eigenvalue weighted by atomic mass is 32.2. The maximum Gasteiger partial charge on any atom is 0.387 e. The Kier molecular flexibility index (Phi) is 5.37. The number of halogens is 2. The van der Waals surface area contributed by atoms with E-state index < -0.39 is 32.1 Å². The molecular formula is C14H12F2N2O6S. The first-order chi connectivity index (χ1) is 11.7. The van der Waals surface area contributed by atoms with Crippen LogP contribution in [-0.2, 0) is 10.0 Å². The van der Waals surface area contributed by atoms with Crippen molar-refractivity contribution in [3.63, 3.8) is 0 Å². The van der Waals surface area contributed by atoms with Crippen LogP contribution in [0.25, 0.3) is 0 Å². The lowest BCUT2D eigenvalue weighted by Gasteiger charge is -2.10. The van der Waals surface area contributed by atoms with Crippen LogP contribution in [-0.4, -0.2) is 27.1 Å². The second kappa shape index (κ2) is 7.30. The molecule has 2 rings (SSSR count). The molecule has 0 bridgehead atoms. The molecule has 0 amide bonds. The fourth-order valence-corrected chi connectivity index (χ4v) is 3.12. The highest BCUT2D eigenvalue weighted by molar-refractivity contribution is 7.92. The average molecular weight is 374 g/mol. The lowest BCUT2D eigenvalue weighted by Crippen LogP contribution is -2.14. The van der Waals surface area contributed by atoms with Crippen LogP contribution < -0.4 is 14.2 Å². The SMILES string of the molecule is COc1ccc(S(=O)(=O)Nc2ccc(OC(F)F)cc2)c([N+](=O)[O-])c1. The van der Waals surface area contributed by atoms with E-state index in [2.05, 4.69) is 9.46 Å². The second-order valence-electron chi connectivity index (χ2n) is 4.60. The molecule has 25 heavy (non-hydrogen) atoms. The lowest BCUT2D eigenvalue weighted by atomic mass is 10.3. The van der Waals surface area contributed by atoms with E-state index in [4.69, 9.17) is 4.74 Å². The smallest absolute Gasteiger partial charge is 0.387 e. The van der Waals surface area contributed by atoms with E-state index in [0.29, 0.717) is 0 Å². The third kappa shape index (κ3) is 4.53. The molecule has 0 aliphatic heterocycles. The number of methoxy groups -OCH3 is 1. The van der Waals surface area contributed by atoms with Crippen LogP contribution in [0, 0.1) is 10.1 Å². The molecule has 2 aromatic rings. The number of ether oxygens (including phenoxy) is 2. The third-order valence-corrected chi connectivity index (χ3v) is 4.41. The van der Waals surface area contributed by atoms with Gasteiger partial charge in [0.15, 0.2) is 4.90 Å². The number of anilines is 1. The second-order valence-corrected chi connectivity index (χ2v) is 6.25. The molecule has 0 unspecified atom stereocenters. The Morgan fingerprint density at radius 3 is 2.24 bits per heavy atom. The van der Waals surface area contributed by atoms with Gasteiger partial charge in [-0.1, -0.05) is 0 Å². The summed E-state index contributed by atoms with van der Waals surface area (Å²) in [4.78, 5) is 9.69. The first-order valence-electron chi connectivity index (χ1n) is 6.63. The molecule has 0 aliphatic rings. The van der Waals surface area contributed by atoms with Gasteiger partial charge >= 0.3 is 6.61 Å². The van der Waals surface area contributed by atoms with Crippen molar-refractivity contribution in [3.8, 4) is 11.5 Å². The molecule has 2 aromatic carbocycles. The summed E-state index contributed by atoms with van der Waals surface area (Å²) in [7, 11) is -3.00. The van der Waals surface area contributed by atoms with Crippen molar-refractivity contribution >= 4 is 21.4 Å². The molecule has 0 saturated carbocycles. The number of nitro benzene ring substituents is 1. The van der Waals surface area contributed by atoms with Gasteiger partial charge in [-0.2, -0.15) is 8.78 Å². The molecule has 1 N–H and O–H groups in total. The number of nitrogens with one attached hydrogen (secondary N) is 1. The molecule has 0 aromatic heterocycles. The van der Waals surface area contributed by atoms with Gasteiger partial charge in [-0.25, -0.2) is 8.42 Å². The third-order valence-electron chi connectivity index (χ3n) is 2.98. The number of benzene rings is 2. The molecule has 0 atom stereocenters. The van der Waals surface area contributed by atoms with Crippen molar-refractivity contribution in [2.24, 2.45) is 0 Å². The van der Waals surface area contributed by atoms with E-state index in [-0.39, 0.29) is 17.2 Å². The molecule has 8 nitrogen and oxygen atoms in total. The van der Waals surface area contributed by atoms with Gasteiger partial charge in [-0.05, 0) is 36.4 Å². The summed E-state index contributed by atoms with van der Waals surface area (Å²) >= 11 is 0. The molecule has 0 spiro atoms. The van der Waals surface area contributed by atoms with Crippen molar-refractivity contribution in [3.05, 3.63) is 52.6 Å². The Labute approximate surface area is 141 Å². The van der Waals surface area contributed by atoms with Gasteiger partial charge in [-0.15, -0.1) is 0 Å². The molecule has 134 valence electrons. The van der Waals surface area contributed by atoms with Crippen LogP contribution in [0.4, 0.5) is 20.2 Å². The van der Waals surface area contributed by atoms with Gasteiger partial charge in [0, 0.05) is 5.69 Å². The standard InChI is InChI=1S/C14H12F2N2O6S/c1-23-11-6-7-13(12(8-11)18(19)20)25(21,22)17-9-2-4-10(5-3-9)24-14(15)16/h2-8,14,17H,1H3. The Morgan fingerprint density at radius 2 is 1.72 bits per heavy atom. The minimum absolute atomic E-state index is 0.0201. The summed E-state index contributed by atoms with van der Waals surface area (Å²) < 4.78 is 60.1. The van der Waals surface area contributed by atoms with Crippen LogP contribution in [0.2, 0.25) is 0 Å². The fraction of sp³-hybridized carbons (Fsp3) is 0.143. The number of hydrogen-bond acceptors (Lipinski definition) is 6. The normalized spacial score (nSPS) is 11.2. The summed E-state index contributed by atoms with van der Waals surface area (Å²) in [5.74, 6) is -0.0347. The van der Waals surface area contributed by atoms with E-state index >= 15 is 0 Å². The maximum absolute atomic E-state index is 12.4. The summed E-state index contributed by atoms with van der Waals surface area (Å²) in [6.45, 7) is -3.01. The Morgan fingerprint density at radius 1 is 1.12 bits per heavy atom. The van der Waals surface area contributed by atoms with E-state index in [1.165, 1.54) is 25.3 Å². The van der Waals surface area contributed by atoms with E-state index in [0.717, 1.165) is 24.3 Å². The van der Waals surface area contributed by atoms with Crippen molar-refractivity contribution in [2.75, 3.05) is 11.8 Å². The summed E-state index contributed by atoms with van der Waals surface area (Å²) in [5, 5.41) is 11.1. The monoisotopic (exact) mass is 374 g/mol. The molecule has 11 heteroatoms. The van der Waals surface area contributed by atoms with Crippen molar-refractivity contribution < 1.29 is 31.6 Å². The zero-order valence-electron chi connectivity index (χ0n) is 12.7. The highest BCUT2D eigenvalue weighted by Gasteiger charge is 2.26. The summed E-state index contributed by atoms with van der Waals surface area (Å²) in [5.41, 5.74) is -0.642. The Balaban J connectivity index is 2.31. The van der Waals surface area contributed by atoms with E-state index in [9.17, 15) is 27.3 Å². The number of alkyl halides is 2. The first kappa shape index (κ1) is 18.4. The number of rotatable bonds is 7. The van der Waals surface area contributed by atoms with Crippen molar-refractivity contribution in [2.45, 2.75) is 11.5 Å². The number of hydrogen-bond donors (Lipinski definition) is 1. The predicted molar refractivity (Wildman–Crippen MR) is 83.5 cm³/mol. The van der Waals surface area contributed by atoms with Gasteiger partial charge in [-0.3, -0.25) is 14.8 Å². The first-order valence-corrected chi connectivity index (χ1v) is 8.11. The molecular weight excluding hydrogens is 362 g/mol. The quantitative estimate of drug-likeness (QED) is 0.590. The summed E-state index contributed by atoms with van der Waals surface area (Å²) in [6, 6.07) is 7.91. The number of sulfonamides is 1. The van der Waals surface area contributed by atoms with Crippen LogP contribution in [0.15, 0.2) is 47.4 Å². The van der Waals surface area contributed by atoms with E-state index in [1.54, 1.807) is 0 Å². The maximum atomic E-state index is 12.4. The summed E-state index contributed by atoms with van der Waals surface area (Å²) in [6.07, 6.45) is 0. The number of nitro groups is 1. The Hall–Kier alpha value is -2.95. The Bertz CT molecular complexity index is 871. The molecule has 0 aliphatic carbocycles. The molecule has 0 fully saturated rings. The largest absolute Gasteiger partial charge is 0.497 e.